The van der Waals surface area contributed by atoms with Crippen molar-refractivity contribution < 1.29 is 4.74 Å². The number of para-hydroxylation sites is 1. The summed E-state index contributed by atoms with van der Waals surface area (Å²) >= 11 is 4.90. The van der Waals surface area contributed by atoms with Gasteiger partial charge in [0.15, 0.2) is 0 Å². The van der Waals surface area contributed by atoms with E-state index in [4.69, 9.17) is 22.2 Å². The van der Waals surface area contributed by atoms with Gasteiger partial charge in [-0.2, -0.15) is 5.26 Å². The number of benzene rings is 1. The lowest BCUT2D eigenvalue weighted by atomic mass is 10.2. The number of thiocarbonyl (C=S) groups is 1. The molecule has 0 aliphatic heterocycles. The van der Waals surface area contributed by atoms with Gasteiger partial charge >= 0.3 is 0 Å². The van der Waals surface area contributed by atoms with Crippen molar-refractivity contribution in [1.82, 2.24) is 0 Å². The van der Waals surface area contributed by atoms with Crippen molar-refractivity contribution in [2.75, 3.05) is 11.9 Å². The molecule has 0 unspecified atom stereocenters. The Kier molecular flexibility index (Phi) is 3.89. The highest BCUT2D eigenvalue weighted by Gasteiger charge is 2.02. The van der Waals surface area contributed by atoms with Gasteiger partial charge in [0.05, 0.1) is 17.9 Å². The van der Waals surface area contributed by atoms with Crippen molar-refractivity contribution in [1.29, 1.82) is 5.26 Å². The molecule has 0 aliphatic rings. The molecule has 0 aromatic heterocycles. The van der Waals surface area contributed by atoms with Crippen LogP contribution in [0.25, 0.3) is 0 Å². The molecule has 1 rings (SSSR count). The Morgan fingerprint density at radius 1 is 1.57 bits per heavy atom. The minimum absolute atomic E-state index is 0.287. The van der Waals surface area contributed by atoms with E-state index >= 15 is 0 Å². The van der Waals surface area contributed by atoms with Gasteiger partial charge in [-0.1, -0.05) is 12.1 Å². The molecule has 0 saturated carbocycles. The third-order valence-electron chi connectivity index (χ3n) is 1.56. The summed E-state index contributed by atoms with van der Waals surface area (Å²) in [6.07, 6.45) is 0. The fourth-order valence-electron chi connectivity index (χ4n) is 0.967. The van der Waals surface area contributed by atoms with E-state index in [1.807, 2.05) is 13.0 Å². The number of nitrogens with zero attached hydrogens (tertiary/aromatic N) is 1. The molecule has 1 aromatic carbocycles. The van der Waals surface area contributed by atoms with E-state index in [-0.39, 0.29) is 5.17 Å². The van der Waals surface area contributed by atoms with Gasteiger partial charge in [0, 0.05) is 0 Å². The normalized spacial score (nSPS) is 8.86. The number of nitriles is 1. The van der Waals surface area contributed by atoms with Crippen molar-refractivity contribution in [2.24, 2.45) is 0 Å². The lowest BCUT2D eigenvalue weighted by Gasteiger charge is -2.08. The van der Waals surface area contributed by atoms with Gasteiger partial charge in [-0.25, -0.2) is 0 Å². The van der Waals surface area contributed by atoms with Gasteiger partial charge < -0.3 is 10.1 Å². The number of nitrogens with one attached hydrogen (secondary N) is 1. The van der Waals surface area contributed by atoms with Gasteiger partial charge in [0.1, 0.15) is 6.07 Å². The molecule has 3 nitrogen and oxygen atoms in total. The van der Waals surface area contributed by atoms with Gasteiger partial charge in [-0.05, 0) is 31.3 Å². The first-order valence-corrected chi connectivity index (χ1v) is 4.61. The van der Waals surface area contributed by atoms with Crippen LogP contribution in [-0.2, 0) is 4.74 Å². The third kappa shape index (κ3) is 2.71. The van der Waals surface area contributed by atoms with Crippen molar-refractivity contribution >= 4 is 23.1 Å². The SMILES string of the molecule is CCOC(=S)Nc1ccccc1C#N. The summed E-state index contributed by atoms with van der Waals surface area (Å²) in [5.74, 6) is 0. The predicted octanol–water partition coefficient (Wildman–Crippen LogP) is 2.29. The van der Waals surface area contributed by atoms with Crippen LogP contribution in [0.1, 0.15) is 12.5 Å². The minimum Gasteiger partial charge on any atom is -0.471 e. The van der Waals surface area contributed by atoms with Crippen molar-refractivity contribution in [3.8, 4) is 6.07 Å². The van der Waals surface area contributed by atoms with Crippen molar-refractivity contribution in [2.45, 2.75) is 6.92 Å². The van der Waals surface area contributed by atoms with E-state index in [0.29, 0.717) is 17.9 Å². The van der Waals surface area contributed by atoms with Crippen LogP contribution in [0, 0.1) is 11.3 Å². The van der Waals surface area contributed by atoms with Gasteiger partial charge in [-0.3, -0.25) is 0 Å². The van der Waals surface area contributed by atoms with Crippen LogP contribution in [0.2, 0.25) is 0 Å². The summed E-state index contributed by atoms with van der Waals surface area (Å²) < 4.78 is 5.06. The molecule has 14 heavy (non-hydrogen) atoms. The van der Waals surface area contributed by atoms with Gasteiger partial charge in [0.25, 0.3) is 5.17 Å². The molecule has 0 amide bonds. The molecular weight excluding hydrogens is 196 g/mol. The highest BCUT2D eigenvalue weighted by molar-refractivity contribution is 7.80. The van der Waals surface area contributed by atoms with Crippen LogP contribution in [0.15, 0.2) is 24.3 Å². The Bertz CT molecular complexity index is 371. The largest absolute Gasteiger partial charge is 0.471 e. The summed E-state index contributed by atoms with van der Waals surface area (Å²) in [5, 5.41) is 11.9. The van der Waals surface area contributed by atoms with Crippen LogP contribution in [0.4, 0.5) is 5.69 Å². The molecule has 0 atom stereocenters. The number of ether oxygens (including phenoxy) is 1. The fraction of sp³-hybridized carbons (Fsp3) is 0.200. The fourth-order valence-corrected chi connectivity index (χ4v) is 1.19. The molecule has 0 fully saturated rings. The smallest absolute Gasteiger partial charge is 0.261 e. The Morgan fingerprint density at radius 3 is 2.93 bits per heavy atom. The Balaban J connectivity index is 2.77. The Morgan fingerprint density at radius 2 is 2.29 bits per heavy atom. The average molecular weight is 206 g/mol. The Hall–Kier alpha value is -1.60. The first-order valence-electron chi connectivity index (χ1n) is 4.20. The second-order valence-corrected chi connectivity index (χ2v) is 2.87. The van der Waals surface area contributed by atoms with E-state index in [1.54, 1.807) is 18.2 Å². The molecule has 0 spiro atoms. The molecule has 0 heterocycles. The van der Waals surface area contributed by atoms with Crippen molar-refractivity contribution in [3.05, 3.63) is 29.8 Å². The van der Waals surface area contributed by atoms with Gasteiger partial charge in [0.2, 0.25) is 0 Å². The summed E-state index contributed by atoms with van der Waals surface area (Å²) in [6.45, 7) is 2.37. The summed E-state index contributed by atoms with van der Waals surface area (Å²) in [5.41, 5.74) is 1.23. The molecule has 0 radical (unpaired) electrons. The molecule has 0 bridgehead atoms. The zero-order valence-electron chi connectivity index (χ0n) is 7.78. The molecule has 0 saturated heterocycles. The van der Waals surface area contributed by atoms with Crippen molar-refractivity contribution in [3.63, 3.8) is 0 Å². The van der Waals surface area contributed by atoms with Crippen LogP contribution >= 0.6 is 12.2 Å². The van der Waals surface area contributed by atoms with E-state index in [9.17, 15) is 0 Å². The quantitative estimate of drug-likeness (QED) is 0.754. The maximum Gasteiger partial charge on any atom is 0.261 e. The monoisotopic (exact) mass is 206 g/mol. The number of rotatable bonds is 2. The maximum atomic E-state index is 8.79. The lowest BCUT2D eigenvalue weighted by molar-refractivity contribution is 0.335. The number of hydrogen-bond acceptors (Lipinski definition) is 3. The average Bonchev–Trinajstić information content (AvgIpc) is 2.19. The first kappa shape index (κ1) is 10.5. The van der Waals surface area contributed by atoms with E-state index in [0.717, 1.165) is 0 Å². The summed E-state index contributed by atoms with van der Waals surface area (Å²) in [6, 6.07) is 9.20. The number of hydrogen-bond donors (Lipinski definition) is 1. The standard InChI is InChI=1S/C10H10N2OS/c1-2-13-10(14)12-9-6-4-3-5-8(9)7-11/h3-6H,2H2,1H3,(H,12,14). The predicted molar refractivity (Wildman–Crippen MR) is 59.0 cm³/mol. The van der Waals surface area contributed by atoms with Gasteiger partial charge in [-0.15, -0.1) is 0 Å². The maximum absolute atomic E-state index is 8.79. The second-order valence-electron chi connectivity index (χ2n) is 2.50. The van der Waals surface area contributed by atoms with Crippen LogP contribution < -0.4 is 5.32 Å². The van der Waals surface area contributed by atoms with Crippen LogP contribution in [0.5, 0.6) is 0 Å². The molecule has 4 heteroatoms. The van der Waals surface area contributed by atoms with E-state index in [2.05, 4.69) is 11.4 Å². The summed E-state index contributed by atoms with van der Waals surface area (Å²) in [7, 11) is 0. The van der Waals surface area contributed by atoms with E-state index in [1.165, 1.54) is 0 Å². The summed E-state index contributed by atoms with van der Waals surface area (Å²) in [4.78, 5) is 0. The molecule has 0 aliphatic carbocycles. The van der Waals surface area contributed by atoms with E-state index < -0.39 is 0 Å². The molecule has 72 valence electrons. The zero-order valence-corrected chi connectivity index (χ0v) is 8.60. The molecular formula is C10H10N2OS. The highest BCUT2D eigenvalue weighted by atomic mass is 32.1. The van der Waals surface area contributed by atoms with Crippen LogP contribution in [-0.4, -0.2) is 11.8 Å². The van der Waals surface area contributed by atoms with Crippen LogP contribution in [0.3, 0.4) is 0 Å². The minimum atomic E-state index is 0.287. The lowest BCUT2D eigenvalue weighted by Crippen LogP contribution is -2.13. The topological polar surface area (TPSA) is 45.0 Å². The molecule has 1 aromatic rings. The first-order chi connectivity index (χ1) is 6.77. The molecule has 1 N–H and O–H groups in total. The number of anilines is 1. The highest BCUT2D eigenvalue weighted by Crippen LogP contribution is 2.13. The Labute approximate surface area is 88.3 Å². The third-order valence-corrected chi connectivity index (χ3v) is 1.78. The zero-order chi connectivity index (χ0) is 10.4. The second kappa shape index (κ2) is 5.20.